The van der Waals surface area contributed by atoms with E-state index in [0.717, 1.165) is 42.9 Å². The molecule has 3 rings (SSSR count). The zero-order valence-corrected chi connectivity index (χ0v) is 21.0. The zero-order chi connectivity index (χ0) is 22.6. The van der Waals surface area contributed by atoms with E-state index >= 15 is 0 Å². The number of fused-ring (bicyclic) bond motifs is 1. The first-order valence-electron chi connectivity index (χ1n) is 12.6. The second-order valence-corrected chi connectivity index (χ2v) is 11.5. The molecule has 5 atom stereocenters. The Bertz CT molecular complexity index is 719. The van der Waals surface area contributed by atoms with Gasteiger partial charge in [0.1, 0.15) is 6.10 Å². The van der Waals surface area contributed by atoms with Crippen LogP contribution in [0.1, 0.15) is 98.3 Å². The summed E-state index contributed by atoms with van der Waals surface area (Å²) in [5.41, 5.74) is 3.81. The minimum absolute atomic E-state index is 0.112. The predicted octanol–water partition coefficient (Wildman–Crippen LogP) is 9.00. The second-order valence-electron chi connectivity index (χ2n) is 11.2. The molecule has 3 aliphatic carbocycles. The van der Waals surface area contributed by atoms with Gasteiger partial charge in [0, 0.05) is 18.0 Å². The smallest absolute Gasteiger partial charge is 0.404 e. The lowest BCUT2D eigenvalue weighted by atomic mass is 9.60. The summed E-state index contributed by atoms with van der Waals surface area (Å²) in [5, 5.41) is 0. The molecule has 0 aromatic rings. The molecular formula is C28H43ClO2. The van der Waals surface area contributed by atoms with Crippen LogP contribution >= 0.6 is 11.6 Å². The average Bonchev–Trinajstić information content (AvgIpc) is 3.05. The summed E-state index contributed by atoms with van der Waals surface area (Å²) in [7, 11) is 0. The Kier molecular flexibility index (Phi) is 8.52. The van der Waals surface area contributed by atoms with Gasteiger partial charge in [-0.1, -0.05) is 76.8 Å². The van der Waals surface area contributed by atoms with E-state index in [9.17, 15) is 4.79 Å². The van der Waals surface area contributed by atoms with Crippen LogP contribution in [0.2, 0.25) is 0 Å². The molecule has 0 amide bonds. The molecular weight excluding hydrogens is 404 g/mol. The summed E-state index contributed by atoms with van der Waals surface area (Å²) in [6.45, 7) is 14.0. The van der Waals surface area contributed by atoms with Gasteiger partial charge in [-0.05, 0) is 79.6 Å². The van der Waals surface area contributed by atoms with Crippen LogP contribution in [0.3, 0.4) is 0 Å². The van der Waals surface area contributed by atoms with Gasteiger partial charge >= 0.3 is 5.43 Å². The molecule has 0 bridgehead atoms. The third-order valence-electron chi connectivity index (χ3n) is 8.59. The number of hydrogen-bond acceptors (Lipinski definition) is 2. The van der Waals surface area contributed by atoms with Crippen molar-refractivity contribution >= 4 is 17.0 Å². The van der Waals surface area contributed by atoms with E-state index in [1.54, 1.807) is 5.57 Å². The second kappa shape index (κ2) is 10.7. The van der Waals surface area contributed by atoms with Crippen molar-refractivity contribution in [2.24, 2.45) is 29.1 Å². The van der Waals surface area contributed by atoms with Crippen LogP contribution in [0.25, 0.3) is 0 Å². The Morgan fingerprint density at radius 2 is 1.97 bits per heavy atom. The lowest BCUT2D eigenvalue weighted by Gasteiger charge is -2.44. The van der Waals surface area contributed by atoms with E-state index in [1.807, 2.05) is 0 Å². The first-order chi connectivity index (χ1) is 14.7. The number of ether oxygens (including phenoxy) is 1. The Balaban J connectivity index is 1.69. The molecule has 3 saturated carbocycles. The topological polar surface area (TPSA) is 26.3 Å². The van der Waals surface area contributed by atoms with Crippen molar-refractivity contribution in [2.45, 2.75) is 104 Å². The number of carbonyl (C=O) groups is 1. The number of carbonyl (C=O) groups excluding carboxylic acids is 1. The third kappa shape index (κ3) is 6.06. The molecule has 0 aliphatic heterocycles. The van der Waals surface area contributed by atoms with E-state index < -0.39 is 5.43 Å². The van der Waals surface area contributed by atoms with Crippen molar-refractivity contribution in [1.82, 2.24) is 0 Å². The molecule has 3 aliphatic rings. The monoisotopic (exact) mass is 446 g/mol. The number of rotatable bonds is 7. The standard InChI is InChI=1S/C28H43ClO2/c1-19(2)8-6-9-21(4)25-15-16-26-22(10-7-17-28(25,26)5)12-13-23-18-24(31-27(29)30)14-11-20(23)3/h12-13,19,21,24-26H,3,6-11,14-18H2,1-2,4-5H3/b22-12+,23-13-/t21-,24+,25-,26?,28-/m1/s1. The highest BCUT2D eigenvalue weighted by Gasteiger charge is 2.50. The van der Waals surface area contributed by atoms with Crippen molar-refractivity contribution in [3.05, 3.63) is 35.5 Å². The predicted molar refractivity (Wildman–Crippen MR) is 131 cm³/mol. The van der Waals surface area contributed by atoms with Crippen LogP contribution in [0, 0.1) is 29.1 Å². The van der Waals surface area contributed by atoms with Crippen LogP contribution in [0.15, 0.2) is 35.5 Å². The van der Waals surface area contributed by atoms with Crippen LogP contribution in [0.5, 0.6) is 0 Å². The Morgan fingerprint density at radius 3 is 2.68 bits per heavy atom. The maximum Gasteiger partial charge on any atom is 0.404 e. The van der Waals surface area contributed by atoms with E-state index in [4.69, 9.17) is 16.3 Å². The molecule has 174 valence electrons. The summed E-state index contributed by atoms with van der Waals surface area (Å²) in [5.74, 6) is 3.23. The van der Waals surface area contributed by atoms with Gasteiger partial charge in [0.25, 0.3) is 0 Å². The van der Waals surface area contributed by atoms with E-state index in [1.165, 1.54) is 62.5 Å². The number of allylic oxidation sites excluding steroid dienone is 4. The van der Waals surface area contributed by atoms with Crippen LogP contribution in [-0.2, 0) is 4.74 Å². The fourth-order valence-corrected chi connectivity index (χ4v) is 7.00. The number of hydrogen-bond donors (Lipinski definition) is 0. The molecule has 0 saturated heterocycles. The van der Waals surface area contributed by atoms with E-state index in [0.29, 0.717) is 5.41 Å². The summed E-state index contributed by atoms with van der Waals surface area (Å²) in [6, 6.07) is 0. The van der Waals surface area contributed by atoms with Crippen LogP contribution in [-0.4, -0.2) is 11.5 Å². The van der Waals surface area contributed by atoms with Gasteiger partial charge in [-0.25, -0.2) is 4.79 Å². The first kappa shape index (κ1) is 24.6. The lowest BCUT2D eigenvalue weighted by molar-refractivity contribution is 0.0928. The van der Waals surface area contributed by atoms with Crippen molar-refractivity contribution in [1.29, 1.82) is 0 Å². The highest BCUT2D eigenvalue weighted by molar-refractivity contribution is 6.61. The minimum Gasteiger partial charge on any atom is -0.450 e. The fourth-order valence-electron chi connectivity index (χ4n) is 6.88. The van der Waals surface area contributed by atoms with Crippen LogP contribution in [0.4, 0.5) is 4.79 Å². The highest BCUT2D eigenvalue weighted by Crippen LogP contribution is 2.60. The van der Waals surface area contributed by atoms with Gasteiger partial charge < -0.3 is 4.74 Å². The van der Waals surface area contributed by atoms with Crippen LogP contribution < -0.4 is 0 Å². The average molecular weight is 447 g/mol. The summed E-state index contributed by atoms with van der Waals surface area (Å²) >= 11 is 5.44. The maximum absolute atomic E-state index is 11.1. The van der Waals surface area contributed by atoms with E-state index in [-0.39, 0.29) is 6.10 Å². The molecule has 1 unspecified atom stereocenters. The third-order valence-corrected chi connectivity index (χ3v) is 8.68. The Morgan fingerprint density at radius 1 is 1.19 bits per heavy atom. The van der Waals surface area contributed by atoms with Crippen molar-refractivity contribution in [2.75, 3.05) is 0 Å². The molecule has 0 N–H and O–H groups in total. The van der Waals surface area contributed by atoms with E-state index in [2.05, 4.69) is 46.4 Å². The molecule has 3 heteroatoms. The first-order valence-corrected chi connectivity index (χ1v) is 13.0. The summed E-state index contributed by atoms with van der Waals surface area (Å²) < 4.78 is 5.26. The molecule has 0 heterocycles. The van der Waals surface area contributed by atoms with Crippen molar-refractivity contribution in [3.63, 3.8) is 0 Å². The van der Waals surface area contributed by atoms with Crippen molar-refractivity contribution in [3.8, 4) is 0 Å². The van der Waals surface area contributed by atoms with Gasteiger partial charge in [-0.3, -0.25) is 0 Å². The molecule has 0 spiro atoms. The fraction of sp³-hybridized carbons (Fsp3) is 0.750. The quantitative estimate of drug-likeness (QED) is 0.364. The van der Waals surface area contributed by atoms with Crippen molar-refractivity contribution < 1.29 is 9.53 Å². The molecule has 3 fully saturated rings. The summed E-state index contributed by atoms with van der Waals surface area (Å²) in [4.78, 5) is 11.1. The molecule has 31 heavy (non-hydrogen) atoms. The largest absolute Gasteiger partial charge is 0.450 e. The zero-order valence-electron chi connectivity index (χ0n) is 20.2. The normalized spacial score (nSPS) is 34.9. The van der Waals surface area contributed by atoms with Gasteiger partial charge in [-0.2, -0.15) is 0 Å². The minimum atomic E-state index is -0.697. The molecule has 0 aromatic heterocycles. The number of halogens is 1. The van der Waals surface area contributed by atoms with Gasteiger partial charge in [0.05, 0.1) is 0 Å². The summed E-state index contributed by atoms with van der Waals surface area (Å²) in [6.07, 6.45) is 17.8. The van der Waals surface area contributed by atoms with Gasteiger partial charge in [-0.15, -0.1) is 0 Å². The SMILES string of the molecule is C=C1CC[C@H](OC(=O)Cl)C/C1=C/C=C1\CCC[C@@]2(C)C1CC[C@@H]2[C@H](C)CCCC(C)C. The molecule has 0 aromatic carbocycles. The highest BCUT2D eigenvalue weighted by atomic mass is 35.5. The Hall–Kier alpha value is -1.02. The Labute approximate surface area is 195 Å². The van der Waals surface area contributed by atoms with Gasteiger partial charge in [0.15, 0.2) is 0 Å². The lowest BCUT2D eigenvalue weighted by Crippen LogP contribution is -2.36. The molecule has 2 nitrogen and oxygen atoms in total. The molecule has 0 radical (unpaired) electrons. The maximum atomic E-state index is 11.1. The van der Waals surface area contributed by atoms with Gasteiger partial charge in [0.2, 0.25) is 0 Å².